The van der Waals surface area contributed by atoms with E-state index in [9.17, 15) is 13.2 Å². The van der Waals surface area contributed by atoms with Gasteiger partial charge in [0, 0.05) is 44.2 Å². The van der Waals surface area contributed by atoms with Gasteiger partial charge in [-0.2, -0.15) is 13.2 Å². The maximum Gasteiger partial charge on any atom is 0.433 e. The number of aromatic nitrogens is 3. The van der Waals surface area contributed by atoms with Gasteiger partial charge >= 0.3 is 6.18 Å². The zero-order chi connectivity index (χ0) is 17.9. The van der Waals surface area contributed by atoms with Crippen LogP contribution < -0.4 is 5.32 Å². The fourth-order valence-electron chi connectivity index (χ4n) is 2.90. The van der Waals surface area contributed by atoms with Gasteiger partial charge in [-0.25, -0.2) is 9.97 Å². The molecule has 2 aromatic heterocycles. The van der Waals surface area contributed by atoms with Gasteiger partial charge in [-0.1, -0.05) is 5.16 Å². The van der Waals surface area contributed by atoms with Crippen LogP contribution in [0.25, 0.3) is 0 Å². The maximum atomic E-state index is 12.7. The fraction of sp³-hybridized carbons (Fsp3) is 0.562. The Morgan fingerprint density at radius 1 is 1.24 bits per heavy atom. The number of hydrogen-bond acceptors (Lipinski definition) is 6. The number of nitrogens with zero attached hydrogens (tertiary/aromatic N) is 4. The van der Waals surface area contributed by atoms with Crippen molar-refractivity contribution in [2.24, 2.45) is 0 Å². The molecular formula is C16H20F3N5O. The van der Waals surface area contributed by atoms with Crippen LogP contribution in [-0.2, 0) is 12.6 Å². The molecule has 1 fully saturated rings. The molecule has 0 bridgehead atoms. The first-order valence-corrected chi connectivity index (χ1v) is 8.20. The second-order valence-corrected chi connectivity index (χ2v) is 6.23. The summed E-state index contributed by atoms with van der Waals surface area (Å²) in [5.74, 6) is 1.09. The average molecular weight is 355 g/mol. The Balaban J connectivity index is 1.46. The Hall–Kier alpha value is -2.16. The summed E-state index contributed by atoms with van der Waals surface area (Å²) in [7, 11) is 0. The van der Waals surface area contributed by atoms with Crippen LogP contribution in [0.15, 0.2) is 23.0 Å². The number of likely N-dealkylation sites (tertiary alicyclic amines) is 1. The van der Waals surface area contributed by atoms with Gasteiger partial charge in [-0.05, 0) is 19.8 Å². The second kappa shape index (κ2) is 7.38. The monoisotopic (exact) mass is 355 g/mol. The molecule has 1 saturated heterocycles. The number of halogens is 3. The Kier molecular flexibility index (Phi) is 5.22. The molecule has 0 amide bonds. The summed E-state index contributed by atoms with van der Waals surface area (Å²) in [5.41, 5.74) is -0.0502. The highest BCUT2D eigenvalue weighted by Gasteiger charge is 2.33. The number of rotatable bonds is 5. The van der Waals surface area contributed by atoms with Gasteiger partial charge in [0.1, 0.15) is 23.6 Å². The predicted molar refractivity (Wildman–Crippen MR) is 85.1 cm³/mol. The van der Waals surface area contributed by atoms with Gasteiger partial charge in [0.25, 0.3) is 0 Å². The summed E-state index contributed by atoms with van der Waals surface area (Å²) < 4.78 is 43.3. The van der Waals surface area contributed by atoms with E-state index in [2.05, 4.69) is 25.3 Å². The lowest BCUT2D eigenvalue weighted by molar-refractivity contribution is -0.141. The summed E-state index contributed by atoms with van der Waals surface area (Å²) >= 11 is 0. The number of alkyl halides is 3. The first kappa shape index (κ1) is 17.7. The highest BCUT2D eigenvalue weighted by atomic mass is 19.4. The molecule has 0 spiro atoms. The normalized spacial score (nSPS) is 17.0. The highest BCUT2D eigenvalue weighted by molar-refractivity contribution is 5.36. The lowest BCUT2D eigenvalue weighted by Crippen LogP contribution is -2.40. The average Bonchev–Trinajstić information content (AvgIpc) is 2.99. The van der Waals surface area contributed by atoms with Crippen LogP contribution in [0.4, 0.5) is 19.0 Å². The van der Waals surface area contributed by atoms with Crippen molar-refractivity contribution in [2.45, 2.75) is 38.4 Å². The van der Waals surface area contributed by atoms with Gasteiger partial charge in [0.15, 0.2) is 0 Å². The Bertz CT molecular complexity index is 695. The predicted octanol–water partition coefficient (Wildman–Crippen LogP) is 2.91. The van der Waals surface area contributed by atoms with E-state index in [1.165, 1.54) is 0 Å². The van der Waals surface area contributed by atoms with Crippen molar-refractivity contribution in [2.75, 3.05) is 25.0 Å². The van der Waals surface area contributed by atoms with Crippen molar-refractivity contribution in [3.05, 3.63) is 35.6 Å². The van der Waals surface area contributed by atoms with Gasteiger partial charge in [0.05, 0.1) is 5.69 Å². The molecule has 136 valence electrons. The van der Waals surface area contributed by atoms with E-state index in [1.807, 2.05) is 13.0 Å². The van der Waals surface area contributed by atoms with E-state index < -0.39 is 11.9 Å². The Labute approximate surface area is 143 Å². The van der Waals surface area contributed by atoms with E-state index >= 15 is 0 Å². The van der Waals surface area contributed by atoms with Crippen molar-refractivity contribution in [1.82, 2.24) is 20.0 Å². The van der Waals surface area contributed by atoms with Gasteiger partial charge in [-0.15, -0.1) is 0 Å². The fourth-order valence-corrected chi connectivity index (χ4v) is 2.90. The third-order valence-electron chi connectivity index (χ3n) is 4.25. The van der Waals surface area contributed by atoms with Crippen LogP contribution in [0.3, 0.4) is 0 Å². The van der Waals surface area contributed by atoms with Gasteiger partial charge < -0.3 is 14.7 Å². The summed E-state index contributed by atoms with van der Waals surface area (Å²) in [6.45, 7) is 4.53. The van der Waals surface area contributed by atoms with E-state index in [4.69, 9.17) is 4.52 Å². The molecular weight excluding hydrogens is 335 g/mol. The molecule has 3 heterocycles. The summed E-state index contributed by atoms with van der Waals surface area (Å²) in [6.07, 6.45) is -1.01. The molecule has 0 aromatic carbocycles. The smallest absolute Gasteiger partial charge is 0.367 e. The molecule has 6 nitrogen and oxygen atoms in total. The number of aryl methyl sites for hydroxylation is 1. The molecule has 0 radical (unpaired) electrons. The quantitative estimate of drug-likeness (QED) is 0.890. The van der Waals surface area contributed by atoms with Crippen molar-refractivity contribution in [3.8, 4) is 0 Å². The number of hydrogen-bond donors (Lipinski definition) is 1. The molecule has 25 heavy (non-hydrogen) atoms. The van der Waals surface area contributed by atoms with Crippen molar-refractivity contribution in [1.29, 1.82) is 0 Å². The molecule has 1 aliphatic heterocycles. The molecule has 9 heteroatoms. The molecule has 0 atom stereocenters. The first-order chi connectivity index (χ1) is 11.9. The van der Waals surface area contributed by atoms with Crippen molar-refractivity contribution >= 4 is 5.82 Å². The SMILES string of the molecule is Cc1cc(CCN2CCC(Nc3cc(C(F)(F)F)ncn3)CC2)on1. The van der Waals surface area contributed by atoms with Crippen molar-refractivity contribution in [3.63, 3.8) is 0 Å². The molecule has 1 N–H and O–H groups in total. The largest absolute Gasteiger partial charge is 0.433 e. The zero-order valence-electron chi connectivity index (χ0n) is 13.9. The lowest BCUT2D eigenvalue weighted by atomic mass is 10.0. The molecule has 2 aromatic rings. The minimum Gasteiger partial charge on any atom is -0.367 e. The summed E-state index contributed by atoms with van der Waals surface area (Å²) in [4.78, 5) is 9.48. The zero-order valence-corrected chi connectivity index (χ0v) is 13.9. The van der Waals surface area contributed by atoms with Crippen LogP contribution in [0.1, 0.15) is 30.0 Å². The van der Waals surface area contributed by atoms with Gasteiger partial charge in [-0.3, -0.25) is 0 Å². The van der Waals surface area contributed by atoms with Crippen LogP contribution in [0.2, 0.25) is 0 Å². The third-order valence-corrected chi connectivity index (χ3v) is 4.25. The minimum absolute atomic E-state index is 0.111. The maximum absolute atomic E-state index is 12.7. The summed E-state index contributed by atoms with van der Waals surface area (Å²) in [6, 6.07) is 3.00. The van der Waals surface area contributed by atoms with Gasteiger partial charge in [0.2, 0.25) is 0 Å². The molecule has 0 saturated carbocycles. The van der Waals surface area contributed by atoms with E-state index in [0.29, 0.717) is 0 Å². The third kappa shape index (κ3) is 4.91. The highest BCUT2D eigenvalue weighted by Crippen LogP contribution is 2.28. The standard InChI is InChI=1S/C16H20F3N5O/c1-11-8-13(25-23-11)4-7-24-5-2-12(3-6-24)22-15-9-14(16(17,18)19)20-10-21-15/h8-10,12H,2-7H2,1H3,(H,20,21,22). The Morgan fingerprint density at radius 2 is 2.00 bits per heavy atom. The van der Waals surface area contributed by atoms with E-state index in [0.717, 1.165) is 62.7 Å². The van der Waals surface area contributed by atoms with Crippen LogP contribution >= 0.6 is 0 Å². The molecule has 0 aliphatic carbocycles. The van der Waals surface area contributed by atoms with Crippen LogP contribution in [0.5, 0.6) is 0 Å². The van der Waals surface area contributed by atoms with Crippen LogP contribution in [-0.4, -0.2) is 45.7 Å². The number of anilines is 1. The van der Waals surface area contributed by atoms with E-state index in [1.54, 1.807) is 0 Å². The molecule has 1 aliphatic rings. The van der Waals surface area contributed by atoms with Crippen LogP contribution in [0, 0.1) is 6.92 Å². The second-order valence-electron chi connectivity index (χ2n) is 6.23. The topological polar surface area (TPSA) is 67.1 Å². The summed E-state index contributed by atoms with van der Waals surface area (Å²) in [5, 5.41) is 6.95. The number of nitrogens with one attached hydrogen (secondary N) is 1. The molecule has 3 rings (SSSR count). The lowest BCUT2D eigenvalue weighted by Gasteiger charge is -2.32. The minimum atomic E-state index is -4.46. The van der Waals surface area contributed by atoms with Crippen molar-refractivity contribution < 1.29 is 17.7 Å². The van der Waals surface area contributed by atoms with E-state index in [-0.39, 0.29) is 11.9 Å². The number of piperidine rings is 1. The molecule has 0 unspecified atom stereocenters. The first-order valence-electron chi connectivity index (χ1n) is 8.20. The Morgan fingerprint density at radius 3 is 2.64 bits per heavy atom.